The van der Waals surface area contributed by atoms with Crippen molar-refractivity contribution in [1.82, 2.24) is 14.5 Å². The second-order valence-corrected chi connectivity index (χ2v) is 7.96. The first-order valence-electron chi connectivity index (χ1n) is 9.60. The average molecular weight is 419 g/mol. The summed E-state index contributed by atoms with van der Waals surface area (Å²) < 4.78 is 1.62. The van der Waals surface area contributed by atoms with Gasteiger partial charge in [0, 0.05) is 49.7 Å². The van der Waals surface area contributed by atoms with Crippen LogP contribution in [0.5, 0.6) is 0 Å². The number of para-hydroxylation sites is 1. The lowest BCUT2D eigenvalue weighted by Crippen LogP contribution is -2.28. The van der Waals surface area contributed by atoms with Gasteiger partial charge in [0.2, 0.25) is 0 Å². The quantitative estimate of drug-likeness (QED) is 0.614. The number of fused-ring (bicyclic) bond motifs is 1. The van der Waals surface area contributed by atoms with E-state index in [1.807, 2.05) is 86.6 Å². The maximum atomic E-state index is 14.0. The van der Waals surface area contributed by atoms with Crippen molar-refractivity contribution in [2.45, 2.75) is 6.92 Å². The van der Waals surface area contributed by atoms with Crippen LogP contribution in [0.15, 0.2) is 71.8 Å². The molecule has 0 spiro atoms. The van der Waals surface area contributed by atoms with E-state index in [4.69, 9.17) is 16.6 Å². The van der Waals surface area contributed by atoms with Crippen molar-refractivity contribution < 1.29 is 0 Å². The number of benzene rings is 1. The van der Waals surface area contributed by atoms with Crippen LogP contribution in [-0.2, 0) is 0 Å². The maximum Gasteiger partial charge on any atom is 0.266 e. The molecule has 1 aromatic carbocycles. The van der Waals surface area contributed by atoms with Crippen LogP contribution in [0.1, 0.15) is 11.3 Å². The Bertz CT molecular complexity index is 1300. The standard InChI is InChI=1S/C24H23ClN4O/c1-15-10-13-18-22(27(3)4)21(17-12-11-16(2)28(5)14-17)24(30)29(23(18)26-15)20-9-7-6-8-19(20)25/h6-14H,2H2,1,3-5H3. The molecular weight excluding hydrogens is 396 g/mol. The predicted molar refractivity (Wildman–Crippen MR) is 125 cm³/mol. The first kappa shape index (κ1) is 20.0. The van der Waals surface area contributed by atoms with Crippen LogP contribution in [0.2, 0.25) is 5.02 Å². The normalized spacial score (nSPS) is 13.7. The summed E-state index contributed by atoms with van der Waals surface area (Å²) in [5.74, 6) is 0. The Balaban J connectivity index is 2.20. The molecule has 0 bridgehead atoms. The van der Waals surface area contributed by atoms with Crippen molar-refractivity contribution in [3.8, 4) is 5.69 Å². The highest BCUT2D eigenvalue weighted by Crippen LogP contribution is 2.35. The fourth-order valence-electron chi connectivity index (χ4n) is 3.71. The minimum absolute atomic E-state index is 0.172. The molecule has 1 aliphatic rings. The minimum Gasteiger partial charge on any atom is -0.376 e. The van der Waals surface area contributed by atoms with Crippen molar-refractivity contribution in [3.63, 3.8) is 0 Å². The molecule has 0 aliphatic carbocycles. The van der Waals surface area contributed by atoms with E-state index in [-0.39, 0.29) is 5.56 Å². The van der Waals surface area contributed by atoms with Crippen molar-refractivity contribution in [1.29, 1.82) is 0 Å². The number of anilines is 1. The zero-order valence-electron chi connectivity index (χ0n) is 17.5. The van der Waals surface area contributed by atoms with Crippen molar-refractivity contribution in [2.24, 2.45) is 0 Å². The van der Waals surface area contributed by atoms with Crippen molar-refractivity contribution in [3.05, 3.63) is 93.7 Å². The third kappa shape index (κ3) is 3.21. The van der Waals surface area contributed by atoms with Gasteiger partial charge >= 0.3 is 0 Å². The Morgan fingerprint density at radius 3 is 2.50 bits per heavy atom. The van der Waals surface area contributed by atoms with Gasteiger partial charge in [0.1, 0.15) is 5.65 Å². The SMILES string of the molecule is C=C1C=CC(c2c(N(C)C)c3ccc(C)nc3n(-c3ccccc3Cl)c2=O)=CN1C. The molecule has 6 heteroatoms. The molecular formula is C24H23ClN4O. The van der Waals surface area contributed by atoms with Crippen LogP contribution in [-0.4, -0.2) is 35.6 Å². The summed E-state index contributed by atoms with van der Waals surface area (Å²) in [5.41, 5.74) is 4.92. The van der Waals surface area contributed by atoms with E-state index in [9.17, 15) is 4.79 Å². The van der Waals surface area contributed by atoms with Crippen molar-refractivity contribution >= 4 is 33.9 Å². The maximum absolute atomic E-state index is 14.0. The van der Waals surface area contributed by atoms with E-state index >= 15 is 0 Å². The van der Waals surface area contributed by atoms with Crippen LogP contribution in [0.25, 0.3) is 22.3 Å². The summed E-state index contributed by atoms with van der Waals surface area (Å²) in [6.45, 7) is 5.93. The topological polar surface area (TPSA) is 41.4 Å². The smallest absolute Gasteiger partial charge is 0.266 e. The molecule has 0 atom stereocenters. The largest absolute Gasteiger partial charge is 0.376 e. The molecule has 0 amide bonds. The lowest BCUT2D eigenvalue weighted by atomic mass is 10.00. The Hall–Kier alpha value is -3.31. The summed E-state index contributed by atoms with van der Waals surface area (Å²) in [7, 11) is 5.79. The van der Waals surface area contributed by atoms with Crippen LogP contribution >= 0.6 is 11.6 Å². The molecule has 3 aromatic rings. The Morgan fingerprint density at radius 2 is 1.83 bits per heavy atom. The summed E-state index contributed by atoms with van der Waals surface area (Å²) in [5, 5.41) is 1.37. The number of nitrogens with zero attached hydrogens (tertiary/aromatic N) is 4. The molecule has 5 nitrogen and oxygen atoms in total. The Kier molecular flexibility index (Phi) is 5.00. The lowest BCUT2D eigenvalue weighted by Gasteiger charge is -2.26. The van der Waals surface area contributed by atoms with Crippen LogP contribution in [0.3, 0.4) is 0 Å². The van der Waals surface area contributed by atoms with Gasteiger partial charge < -0.3 is 9.80 Å². The highest BCUT2D eigenvalue weighted by molar-refractivity contribution is 6.32. The second-order valence-electron chi connectivity index (χ2n) is 7.55. The number of aromatic nitrogens is 2. The first-order valence-corrected chi connectivity index (χ1v) is 9.98. The molecule has 0 N–H and O–H groups in total. The fourth-order valence-corrected chi connectivity index (χ4v) is 3.93. The number of halogens is 1. The van der Waals surface area contributed by atoms with E-state index in [1.54, 1.807) is 10.6 Å². The van der Waals surface area contributed by atoms with E-state index in [1.165, 1.54) is 0 Å². The number of hydrogen-bond donors (Lipinski definition) is 0. The number of pyridine rings is 2. The second kappa shape index (κ2) is 7.50. The van der Waals surface area contributed by atoms with Crippen molar-refractivity contribution in [2.75, 3.05) is 26.0 Å². The molecule has 3 heterocycles. The molecule has 0 unspecified atom stereocenters. The summed E-state index contributed by atoms with van der Waals surface area (Å²) in [6, 6.07) is 11.3. The molecule has 1 aliphatic heterocycles. The fraction of sp³-hybridized carbons (Fsp3) is 0.167. The van der Waals surface area contributed by atoms with Crippen LogP contribution in [0, 0.1) is 6.92 Å². The van der Waals surface area contributed by atoms with Crippen LogP contribution in [0.4, 0.5) is 5.69 Å². The predicted octanol–water partition coefficient (Wildman–Crippen LogP) is 4.77. The molecule has 30 heavy (non-hydrogen) atoms. The Labute approximate surface area is 180 Å². The van der Waals surface area contributed by atoms with Gasteiger partial charge in [-0.2, -0.15) is 0 Å². The highest BCUT2D eigenvalue weighted by atomic mass is 35.5. The lowest BCUT2D eigenvalue weighted by molar-refractivity contribution is 0.589. The molecule has 0 saturated heterocycles. The van der Waals surface area contributed by atoms with E-state index in [2.05, 4.69) is 6.58 Å². The average Bonchev–Trinajstić information content (AvgIpc) is 2.70. The Morgan fingerprint density at radius 1 is 1.10 bits per heavy atom. The summed E-state index contributed by atoms with van der Waals surface area (Å²) >= 11 is 6.51. The van der Waals surface area contributed by atoms with Gasteiger partial charge in [-0.15, -0.1) is 0 Å². The van der Waals surface area contributed by atoms with Gasteiger partial charge in [-0.05, 0) is 37.3 Å². The van der Waals surface area contributed by atoms with E-state index in [0.717, 1.165) is 28.0 Å². The van der Waals surface area contributed by atoms with Crippen LogP contribution < -0.4 is 10.5 Å². The van der Waals surface area contributed by atoms with Gasteiger partial charge in [0.15, 0.2) is 0 Å². The summed E-state index contributed by atoms with van der Waals surface area (Å²) in [4.78, 5) is 22.6. The van der Waals surface area contributed by atoms with Gasteiger partial charge in [-0.25, -0.2) is 4.98 Å². The third-order valence-electron chi connectivity index (χ3n) is 5.21. The van der Waals surface area contributed by atoms with Gasteiger partial charge in [-0.1, -0.05) is 36.4 Å². The number of likely N-dealkylation sites (N-methyl/N-ethyl adjacent to an activating group) is 1. The molecule has 152 valence electrons. The van der Waals surface area contributed by atoms with E-state index < -0.39 is 0 Å². The molecule has 0 fully saturated rings. The number of aryl methyl sites for hydroxylation is 1. The molecule has 0 saturated carbocycles. The number of allylic oxidation sites excluding steroid dienone is 3. The summed E-state index contributed by atoms with van der Waals surface area (Å²) in [6.07, 6.45) is 5.76. The zero-order chi connectivity index (χ0) is 21.6. The van der Waals surface area contributed by atoms with Gasteiger partial charge in [0.05, 0.1) is 22.0 Å². The molecule has 0 radical (unpaired) electrons. The molecule has 4 rings (SSSR count). The monoisotopic (exact) mass is 418 g/mol. The molecule has 2 aromatic heterocycles. The first-order chi connectivity index (χ1) is 14.3. The minimum atomic E-state index is -0.172. The van der Waals surface area contributed by atoms with Gasteiger partial charge in [-0.3, -0.25) is 9.36 Å². The van der Waals surface area contributed by atoms with Gasteiger partial charge in [0.25, 0.3) is 5.56 Å². The number of hydrogen-bond acceptors (Lipinski definition) is 4. The number of rotatable bonds is 3. The zero-order valence-corrected chi connectivity index (χ0v) is 18.2. The highest BCUT2D eigenvalue weighted by Gasteiger charge is 2.24. The third-order valence-corrected chi connectivity index (χ3v) is 5.52. The van der Waals surface area contributed by atoms with E-state index in [0.29, 0.717) is 21.9 Å².